The van der Waals surface area contributed by atoms with Crippen molar-refractivity contribution in [3.8, 4) is 22.8 Å². The zero-order valence-corrected chi connectivity index (χ0v) is 20.8. The summed E-state index contributed by atoms with van der Waals surface area (Å²) in [6.07, 6.45) is 1.35. The molecule has 0 bridgehead atoms. The predicted molar refractivity (Wildman–Crippen MR) is 137 cm³/mol. The van der Waals surface area contributed by atoms with Crippen LogP contribution in [0.5, 0.6) is 11.5 Å². The zero-order valence-electron chi connectivity index (χ0n) is 19.3. The van der Waals surface area contributed by atoms with Crippen molar-refractivity contribution in [2.75, 3.05) is 0 Å². The van der Waals surface area contributed by atoms with Crippen molar-refractivity contribution in [3.63, 3.8) is 0 Å². The van der Waals surface area contributed by atoms with Gasteiger partial charge in [0.1, 0.15) is 11.5 Å². The number of carbonyl (C=O) groups excluding carboxylic acids is 2. The lowest BCUT2D eigenvalue weighted by molar-refractivity contribution is -0.129. The van der Waals surface area contributed by atoms with Crippen LogP contribution in [0.1, 0.15) is 31.4 Å². The van der Waals surface area contributed by atoms with Crippen molar-refractivity contribution in [3.05, 3.63) is 76.8 Å². The Kier molecular flexibility index (Phi) is 6.21. The molecule has 0 saturated carbocycles. The number of aryl methyl sites for hydroxylation is 1. The summed E-state index contributed by atoms with van der Waals surface area (Å²) in [6, 6.07) is 19.4. The summed E-state index contributed by atoms with van der Waals surface area (Å²) < 4.78 is 17.2. The van der Waals surface area contributed by atoms with Crippen molar-refractivity contribution in [1.82, 2.24) is 9.69 Å². The van der Waals surface area contributed by atoms with E-state index < -0.39 is 17.6 Å². The van der Waals surface area contributed by atoms with E-state index in [0.717, 1.165) is 51.1 Å². The Balaban J connectivity index is 1.42. The van der Waals surface area contributed by atoms with Crippen molar-refractivity contribution in [2.45, 2.75) is 38.7 Å². The summed E-state index contributed by atoms with van der Waals surface area (Å²) in [7, 11) is 0. The van der Waals surface area contributed by atoms with Crippen LogP contribution in [0.15, 0.2) is 60.7 Å². The molecule has 1 unspecified atom stereocenters. The highest BCUT2D eigenvalue weighted by molar-refractivity contribution is 7.13. The first-order valence-corrected chi connectivity index (χ1v) is 12.5. The molecule has 6 nitrogen and oxygen atoms in total. The second kappa shape index (κ2) is 9.32. The largest absolute Gasteiger partial charge is 0.457 e. The van der Waals surface area contributed by atoms with Crippen LogP contribution in [0.3, 0.4) is 0 Å². The number of ether oxygens (including phenoxy) is 2. The first kappa shape index (κ1) is 23.3. The van der Waals surface area contributed by atoms with E-state index in [-0.39, 0.29) is 6.42 Å². The van der Waals surface area contributed by atoms with Gasteiger partial charge in [0.05, 0.1) is 10.4 Å². The first-order chi connectivity index (χ1) is 16.8. The first-order valence-electron chi connectivity index (χ1n) is 11.3. The molecule has 8 heteroatoms. The van der Waals surface area contributed by atoms with E-state index in [1.807, 2.05) is 54.6 Å². The minimum Gasteiger partial charge on any atom is -0.457 e. The van der Waals surface area contributed by atoms with Gasteiger partial charge < -0.3 is 9.47 Å². The lowest BCUT2D eigenvalue weighted by Crippen LogP contribution is -2.38. The Morgan fingerprint density at radius 3 is 2.74 bits per heavy atom. The van der Waals surface area contributed by atoms with Crippen molar-refractivity contribution in [1.29, 1.82) is 0 Å². The van der Waals surface area contributed by atoms with E-state index in [4.69, 9.17) is 21.1 Å². The summed E-state index contributed by atoms with van der Waals surface area (Å²) in [5.41, 5.74) is 2.65. The highest BCUT2D eigenvalue weighted by Gasteiger charge is 2.44. The highest BCUT2D eigenvalue weighted by atomic mass is 35.5. The standard InChI is InChI=1S/C27H23ClN2O4S/c1-3-5-17-13-18(24-21-10-9-19(28)14-23(21)35-30-24)8-11-22(17)33-20-7-4-6-16(12-20)15-27(2)25(31)29-26(32)34-27/h4,6-14H,3,5,15H2,1-2H3,(H,29,31,32). The number of nitrogens with zero attached hydrogens (tertiary/aromatic N) is 1. The Morgan fingerprint density at radius 1 is 1.11 bits per heavy atom. The fraction of sp³-hybridized carbons (Fsp3) is 0.222. The highest BCUT2D eigenvalue weighted by Crippen LogP contribution is 2.36. The molecule has 1 aliphatic rings. The van der Waals surface area contributed by atoms with Gasteiger partial charge in [0.15, 0.2) is 5.60 Å². The van der Waals surface area contributed by atoms with Crippen LogP contribution in [-0.2, 0) is 22.4 Å². The van der Waals surface area contributed by atoms with Crippen molar-refractivity contribution < 1.29 is 19.1 Å². The molecule has 178 valence electrons. The van der Waals surface area contributed by atoms with Crippen molar-refractivity contribution in [2.24, 2.45) is 0 Å². The lowest BCUT2D eigenvalue weighted by Gasteiger charge is -2.19. The van der Waals surface area contributed by atoms with E-state index in [0.29, 0.717) is 10.8 Å². The second-order valence-electron chi connectivity index (χ2n) is 8.74. The topological polar surface area (TPSA) is 77.5 Å². The van der Waals surface area contributed by atoms with Crippen LogP contribution in [0.2, 0.25) is 5.02 Å². The number of amides is 2. The molecule has 35 heavy (non-hydrogen) atoms. The molecule has 0 aliphatic carbocycles. The molecular formula is C27H23ClN2O4S. The van der Waals surface area contributed by atoms with Gasteiger partial charge in [-0.15, -0.1) is 0 Å². The molecule has 2 heterocycles. The van der Waals surface area contributed by atoms with Gasteiger partial charge >= 0.3 is 6.09 Å². The average molecular weight is 507 g/mol. The Hall–Kier alpha value is -3.42. The number of hydrogen-bond acceptors (Lipinski definition) is 6. The third kappa shape index (κ3) is 4.74. The van der Waals surface area contributed by atoms with Gasteiger partial charge in [-0.05, 0) is 84.5 Å². The number of halogens is 1. The summed E-state index contributed by atoms with van der Waals surface area (Å²) in [5, 5.41) is 3.97. The maximum absolute atomic E-state index is 12.1. The predicted octanol–water partition coefficient (Wildman–Crippen LogP) is 6.93. The van der Waals surface area contributed by atoms with E-state index in [2.05, 4.69) is 22.7 Å². The smallest absolute Gasteiger partial charge is 0.415 e. The van der Waals surface area contributed by atoms with E-state index in [1.165, 1.54) is 11.5 Å². The summed E-state index contributed by atoms with van der Waals surface area (Å²) in [4.78, 5) is 23.6. The third-order valence-electron chi connectivity index (χ3n) is 5.97. The van der Waals surface area contributed by atoms with Crippen LogP contribution < -0.4 is 10.1 Å². The van der Waals surface area contributed by atoms with Gasteiger partial charge in [0.2, 0.25) is 0 Å². The molecular weight excluding hydrogens is 484 g/mol. The number of benzene rings is 3. The third-order valence-corrected chi connectivity index (χ3v) is 7.01. The van der Waals surface area contributed by atoms with Crippen LogP contribution >= 0.6 is 23.1 Å². The summed E-state index contributed by atoms with van der Waals surface area (Å²) in [6.45, 7) is 3.74. The lowest BCUT2D eigenvalue weighted by atomic mass is 9.96. The SMILES string of the molecule is CCCc1cc(-c2nsc3cc(Cl)ccc23)ccc1Oc1cccc(CC2(C)OC(=O)NC2=O)c1. The maximum atomic E-state index is 12.1. The Labute approximate surface area is 212 Å². The number of carbonyl (C=O) groups is 2. The minimum atomic E-state index is -1.23. The molecule has 1 aromatic heterocycles. The van der Waals surface area contributed by atoms with E-state index >= 15 is 0 Å². The molecule has 0 spiro atoms. The maximum Gasteiger partial charge on any atom is 0.415 e. The van der Waals surface area contributed by atoms with Gasteiger partial charge in [0, 0.05) is 22.4 Å². The van der Waals surface area contributed by atoms with Gasteiger partial charge in [-0.3, -0.25) is 10.1 Å². The Morgan fingerprint density at radius 2 is 1.97 bits per heavy atom. The van der Waals surface area contributed by atoms with Gasteiger partial charge in [-0.25, -0.2) is 4.79 Å². The quantitative estimate of drug-likeness (QED) is 0.294. The molecule has 5 rings (SSSR count). The van der Waals surface area contributed by atoms with Gasteiger partial charge in [-0.1, -0.05) is 37.1 Å². The number of fused-ring (bicyclic) bond motifs is 1. The van der Waals surface area contributed by atoms with Crippen LogP contribution in [0.25, 0.3) is 21.3 Å². The van der Waals surface area contributed by atoms with E-state index in [9.17, 15) is 9.59 Å². The summed E-state index contributed by atoms with van der Waals surface area (Å²) in [5.74, 6) is 0.979. The fourth-order valence-electron chi connectivity index (χ4n) is 4.26. The van der Waals surface area contributed by atoms with Crippen LogP contribution in [0.4, 0.5) is 4.79 Å². The molecule has 1 saturated heterocycles. The van der Waals surface area contributed by atoms with Gasteiger partial charge in [-0.2, -0.15) is 4.37 Å². The summed E-state index contributed by atoms with van der Waals surface area (Å²) >= 11 is 7.58. The normalized spacial score (nSPS) is 17.5. The number of aromatic nitrogens is 1. The fourth-order valence-corrected chi connectivity index (χ4v) is 5.34. The Bertz CT molecular complexity index is 1450. The second-order valence-corrected chi connectivity index (χ2v) is 9.99. The monoisotopic (exact) mass is 506 g/mol. The van der Waals surface area contributed by atoms with Gasteiger partial charge in [0.25, 0.3) is 5.91 Å². The molecule has 1 atom stereocenters. The average Bonchev–Trinajstić information content (AvgIpc) is 3.34. The number of cyclic esters (lactones) is 1. The van der Waals surface area contributed by atoms with Crippen LogP contribution in [-0.4, -0.2) is 22.0 Å². The number of hydrogen-bond donors (Lipinski definition) is 1. The zero-order chi connectivity index (χ0) is 24.6. The molecule has 2 amide bonds. The minimum absolute atomic E-state index is 0.253. The number of imide groups is 1. The number of nitrogens with one attached hydrogen (secondary N) is 1. The van der Waals surface area contributed by atoms with Crippen LogP contribution in [0, 0.1) is 0 Å². The molecule has 3 aromatic carbocycles. The molecule has 0 radical (unpaired) electrons. The molecule has 1 fully saturated rings. The van der Waals surface area contributed by atoms with Crippen molar-refractivity contribution >= 4 is 45.2 Å². The number of alkyl carbamates (subject to hydrolysis) is 1. The molecule has 1 aliphatic heterocycles. The number of rotatable bonds is 7. The molecule has 1 N–H and O–H groups in total. The van der Waals surface area contributed by atoms with E-state index in [1.54, 1.807) is 6.92 Å². The molecule has 4 aromatic rings.